The molecule has 0 fully saturated rings. The molecule has 0 aliphatic heterocycles. The minimum Gasteiger partial charge on any atom is -0.369 e. The number of nitrogens with two attached hydrogens (primary N) is 2. The number of nitrogens with zero attached hydrogens (tertiary/aromatic N) is 2. The van der Waals surface area contributed by atoms with Crippen molar-refractivity contribution in [3.05, 3.63) is 71.5 Å². The molecule has 2 rings (SSSR count). The van der Waals surface area contributed by atoms with Crippen LogP contribution in [0.1, 0.15) is 11.1 Å². The Labute approximate surface area is 122 Å². The molecule has 104 valence electrons. The Morgan fingerprint density at radius 2 is 1.45 bits per heavy atom. The lowest BCUT2D eigenvalue weighted by Crippen LogP contribution is -2.22. The van der Waals surface area contributed by atoms with E-state index in [1.54, 1.807) is 18.2 Å². The molecule has 0 saturated heterocycles. The second-order valence-corrected chi connectivity index (χ2v) is 3.82. The first-order valence-corrected chi connectivity index (χ1v) is 5.65. The fourth-order valence-corrected chi connectivity index (χ4v) is 1.62. The van der Waals surface area contributed by atoms with E-state index in [1.165, 1.54) is 6.07 Å². The summed E-state index contributed by atoms with van der Waals surface area (Å²) >= 11 is 0. The Hall–Kier alpha value is -2.40. The normalized spacial score (nSPS) is 10.6. The quantitative estimate of drug-likeness (QED) is 0.517. The van der Waals surface area contributed by atoms with Crippen LogP contribution >= 0.6 is 12.4 Å². The Kier molecular flexibility index (Phi) is 5.68. The maximum Gasteiger partial charge on any atom is 0.211 e. The maximum absolute atomic E-state index is 13.9. The van der Waals surface area contributed by atoms with E-state index >= 15 is 0 Å². The van der Waals surface area contributed by atoms with Gasteiger partial charge in [0.2, 0.25) is 5.96 Å². The van der Waals surface area contributed by atoms with E-state index in [4.69, 9.17) is 11.5 Å². The van der Waals surface area contributed by atoms with E-state index in [-0.39, 0.29) is 24.2 Å². The minimum absolute atomic E-state index is 0. The van der Waals surface area contributed by atoms with Crippen molar-refractivity contribution in [1.82, 2.24) is 0 Å². The maximum atomic E-state index is 13.9. The Morgan fingerprint density at radius 3 is 2.05 bits per heavy atom. The summed E-state index contributed by atoms with van der Waals surface area (Å²) in [6.07, 6.45) is 0. The first-order chi connectivity index (χ1) is 9.18. The van der Waals surface area contributed by atoms with Crippen LogP contribution in [0.25, 0.3) is 0 Å². The SMILES string of the molecule is Cl.NC(N)=NN=C(c1ccccc1)c1ccccc1F. The van der Waals surface area contributed by atoms with E-state index in [2.05, 4.69) is 10.2 Å². The highest BCUT2D eigenvalue weighted by Gasteiger charge is 2.11. The van der Waals surface area contributed by atoms with E-state index in [9.17, 15) is 4.39 Å². The van der Waals surface area contributed by atoms with Gasteiger partial charge in [0.25, 0.3) is 0 Å². The van der Waals surface area contributed by atoms with Crippen LogP contribution in [0.3, 0.4) is 0 Å². The van der Waals surface area contributed by atoms with Crippen LogP contribution in [-0.2, 0) is 0 Å². The van der Waals surface area contributed by atoms with Crippen LogP contribution in [0.5, 0.6) is 0 Å². The average Bonchev–Trinajstić information content (AvgIpc) is 2.42. The van der Waals surface area contributed by atoms with Crippen molar-refractivity contribution in [2.75, 3.05) is 0 Å². The van der Waals surface area contributed by atoms with Crippen molar-refractivity contribution in [3.63, 3.8) is 0 Å². The second-order valence-electron chi connectivity index (χ2n) is 3.82. The summed E-state index contributed by atoms with van der Waals surface area (Å²) < 4.78 is 13.9. The Morgan fingerprint density at radius 1 is 0.850 bits per heavy atom. The average molecular weight is 293 g/mol. The molecule has 0 spiro atoms. The molecule has 0 radical (unpaired) electrons. The molecule has 6 heteroatoms. The molecule has 0 bridgehead atoms. The van der Waals surface area contributed by atoms with Crippen LogP contribution in [0.2, 0.25) is 0 Å². The molecule has 0 amide bonds. The third-order valence-electron chi connectivity index (χ3n) is 2.44. The monoisotopic (exact) mass is 292 g/mol. The molecule has 20 heavy (non-hydrogen) atoms. The zero-order valence-corrected chi connectivity index (χ0v) is 11.3. The van der Waals surface area contributed by atoms with Crippen molar-refractivity contribution in [1.29, 1.82) is 0 Å². The second kappa shape index (κ2) is 7.25. The van der Waals surface area contributed by atoms with Gasteiger partial charge in [0, 0.05) is 11.1 Å². The molecular weight excluding hydrogens is 279 g/mol. The number of guanidine groups is 1. The summed E-state index contributed by atoms with van der Waals surface area (Å²) in [7, 11) is 0. The van der Waals surface area contributed by atoms with E-state index < -0.39 is 0 Å². The lowest BCUT2D eigenvalue weighted by atomic mass is 10.0. The van der Waals surface area contributed by atoms with E-state index in [0.717, 1.165) is 5.56 Å². The molecule has 0 aliphatic rings. The molecule has 0 saturated carbocycles. The molecule has 4 nitrogen and oxygen atoms in total. The third-order valence-corrected chi connectivity index (χ3v) is 2.44. The lowest BCUT2D eigenvalue weighted by molar-refractivity contribution is 0.625. The van der Waals surface area contributed by atoms with Gasteiger partial charge in [0.15, 0.2) is 0 Å². The predicted molar refractivity (Wildman–Crippen MR) is 81.5 cm³/mol. The molecule has 2 aromatic rings. The fraction of sp³-hybridized carbons (Fsp3) is 0. The third kappa shape index (κ3) is 3.80. The van der Waals surface area contributed by atoms with Crippen molar-refractivity contribution >= 4 is 24.1 Å². The van der Waals surface area contributed by atoms with Gasteiger partial charge in [0.05, 0.1) is 0 Å². The Bertz CT molecular complexity index is 622. The van der Waals surface area contributed by atoms with Gasteiger partial charge in [-0.1, -0.05) is 42.5 Å². The molecule has 0 aromatic heterocycles. The van der Waals surface area contributed by atoms with Gasteiger partial charge in [-0.2, -0.15) is 0 Å². The summed E-state index contributed by atoms with van der Waals surface area (Å²) in [6.45, 7) is 0. The Balaban J connectivity index is 0.00000200. The summed E-state index contributed by atoms with van der Waals surface area (Å²) in [5, 5.41) is 7.55. The predicted octanol–water partition coefficient (Wildman–Crippen LogP) is 2.27. The highest BCUT2D eigenvalue weighted by molar-refractivity contribution is 6.13. The van der Waals surface area contributed by atoms with Gasteiger partial charge >= 0.3 is 0 Å². The largest absolute Gasteiger partial charge is 0.369 e. The standard InChI is InChI=1S/C14H13FN4.ClH/c15-12-9-5-4-8-11(12)13(18-19-14(16)17)10-6-2-1-3-7-10;/h1-9H,(H4,16,17,19);1H. The number of halogens is 2. The number of hydrogen-bond acceptors (Lipinski definition) is 2. The van der Waals surface area contributed by atoms with Gasteiger partial charge in [-0.3, -0.25) is 0 Å². The van der Waals surface area contributed by atoms with Crippen molar-refractivity contribution in [2.45, 2.75) is 0 Å². The number of hydrogen-bond donors (Lipinski definition) is 2. The highest BCUT2D eigenvalue weighted by Crippen LogP contribution is 2.14. The van der Waals surface area contributed by atoms with Crippen LogP contribution in [0, 0.1) is 5.82 Å². The van der Waals surface area contributed by atoms with Gasteiger partial charge in [0.1, 0.15) is 11.5 Å². The minimum atomic E-state index is -0.379. The van der Waals surface area contributed by atoms with E-state index in [1.807, 2.05) is 30.3 Å². The van der Waals surface area contributed by atoms with Crippen LogP contribution in [0.15, 0.2) is 64.8 Å². The molecule has 0 heterocycles. The van der Waals surface area contributed by atoms with Crippen molar-refractivity contribution < 1.29 is 4.39 Å². The molecule has 0 aliphatic carbocycles. The summed E-state index contributed by atoms with van der Waals surface area (Å²) in [5.74, 6) is -0.555. The molecule has 0 unspecified atom stereocenters. The highest BCUT2D eigenvalue weighted by atomic mass is 35.5. The molecule has 0 atom stereocenters. The molecular formula is C14H14ClFN4. The van der Waals surface area contributed by atoms with Crippen LogP contribution in [0.4, 0.5) is 4.39 Å². The molecule has 4 N–H and O–H groups in total. The van der Waals surface area contributed by atoms with Gasteiger partial charge < -0.3 is 11.5 Å². The summed E-state index contributed by atoms with van der Waals surface area (Å²) in [6, 6.07) is 15.5. The van der Waals surface area contributed by atoms with Crippen molar-refractivity contribution in [3.8, 4) is 0 Å². The first kappa shape index (κ1) is 15.7. The van der Waals surface area contributed by atoms with Crippen LogP contribution < -0.4 is 11.5 Å². The van der Waals surface area contributed by atoms with Gasteiger partial charge in [-0.15, -0.1) is 22.6 Å². The van der Waals surface area contributed by atoms with Gasteiger partial charge in [-0.25, -0.2) is 4.39 Å². The summed E-state index contributed by atoms with van der Waals surface area (Å²) in [5.41, 5.74) is 12.0. The van der Waals surface area contributed by atoms with Crippen molar-refractivity contribution in [2.24, 2.45) is 21.7 Å². The van der Waals surface area contributed by atoms with Gasteiger partial charge in [-0.05, 0) is 12.1 Å². The van der Waals surface area contributed by atoms with E-state index in [0.29, 0.717) is 11.3 Å². The fourth-order valence-electron chi connectivity index (χ4n) is 1.62. The zero-order chi connectivity index (χ0) is 13.7. The number of benzene rings is 2. The smallest absolute Gasteiger partial charge is 0.211 e. The number of rotatable bonds is 3. The first-order valence-electron chi connectivity index (χ1n) is 5.65. The lowest BCUT2D eigenvalue weighted by Gasteiger charge is -2.06. The topological polar surface area (TPSA) is 76.8 Å². The molecule has 2 aromatic carbocycles. The zero-order valence-electron chi connectivity index (χ0n) is 10.5. The van der Waals surface area contributed by atoms with Crippen LogP contribution in [-0.4, -0.2) is 11.7 Å². The summed E-state index contributed by atoms with van der Waals surface area (Å²) in [4.78, 5) is 0.